The van der Waals surface area contributed by atoms with Gasteiger partial charge in [-0.2, -0.15) is 0 Å². The maximum Gasteiger partial charge on any atom is 0.146 e. The highest BCUT2D eigenvalue weighted by Gasteiger charge is 2.12. The third-order valence-electron chi connectivity index (χ3n) is 3.15. The maximum absolute atomic E-state index is 5.82. The van der Waals surface area contributed by atoms with E-state index < -0.39 is 0 Å². The van der Waals surface area contributed by atoms with Gasteiger partial charge in [0.05, 0.1) is 6.26 Å². The largest absolute Gasteiger partial charge is 0.486 e. The van der Waals surface area contributed by atoms with E-state index >= 15 is 0 Å². The molecule has 0 atom stereocenters. The minimum absolute atomic E-state index is 0.0816. The van der Waals surface area contributed by atoms with Gasteiger partial charge in [-0.05, 0) is 57.5 Å². The van der Waals surface area contributed by atoms with Gasteiger partial charge in [-0.25, -0.2) is 0 Å². The fourth-order valence-electron chi connectivity index (χ4n) is 1.87. The normalized spacial score (nSPS) is 11.7. The van der Waals surface area contributed by atoms with E-state index in [1.807, 2.05) is 31.2 Å². The van der Waals surface area contributed by atoms with Crippen molar-refractivity contribution in [2.75, 3.05) is 0 Å². The van der Waals surface area contributed by atoms with Crippen molar-refractivity contribution >= 4 is 15.9 Å². The topological polar surface area (TPSA) is 34.4 Å². The Morgan fingerprint density at radius 3 is 2.67 bits per heavy atom. The van der Waals surface area contributed by atoms with Crippen molar-refractivity contribution in [3.63, 3.8) is 0 Å². The van der Waals surface area contributed by atoms with Gasteiger partial charge in [-0.3, -0.25) is 0 Å². The molecule has 1 N–H and O–H groups in total. The van der Waals surface area contributed by atoms with Crippen LogP contribution >= 0.6 is 15.9 Å². The van der Waals surface area contributed by atoms with Gasteiger partial charge in [0, 0.05) is 22.1 Å². The van der Waals surface area contributed by atoms with Crippen molar-refractivity contribution in [3.8, 4) is 5.75 Å². The Morgan fingerprint density at radius 2 is 2.00 bits per heavy atom. The first-order valence-electron chi connectivity index (χ1n) is 7.04. The van der Waals surface area contributed by atoms with Gasteiger partial charge >= 0.3 is 0 Å². The minimum Gasteiger partial charge on any atom is -0.486 e. The van der Waals surface area contributed by atoms with Gasteiger partial charge in [-0.1, -0.05) is 15.9 Å². The fraction of sp³-hybridized carbons (Fsp3) is 0.412. The predicted molar refractivity (Wildman–Crippen MR) is 88.5 cm³/mol. The zero-order chi connectivity index (χ0) is 15.5. The molecule has 3 nitrogen and oxygen atoms in total. The highest BCUT2D eigenvalue weighted by atomic mass is 79.9. The molecule has 2 rings (SSSR count). The van der Waals surface area contributed by atoms with E-state index in [0.717, 1.165) is 33.7 Å². The Bertz CT molecular complexity index is 599. The molecule has 0 bridgehead atoms. The van der Waals surface area contributed by atoms with Crippen LogP contribution < -0.4 is 10.1 Å². The number of benzene rings is 1. The summed E-state index contributed by atoms with van der Waals surface area (Å²) in [5.74, 6) is 1.72. The third kappa shape index (κ3) is 4.90. The summed E-state index contributed by atoms with van der Waals surface area (Å²) in [6.07, 6.45) is 1.71. The van der Waals surface area contributed by atoms with Crippen molar-refractivity contribution in [3.05, 3.63) is 51.9 Å². The third-order valence-corrected chi connectivity index (χ3v) is 4.04. The van der Waals surface area contributed by atoms with E-state index in [4.69, 9.17) is 9.15 Å². The lowest BCUT2D eigenvalue weighted by Gasteiger charge is -2.20. The van der Waals surface area contributed by atoms with Crippen LogP contribution in [0.1, 0.15) is 37.7 Å². The molecule has 0 aliphatic rings. The summed E-state index contributed by atoms with van der Waals surface area (Å²) >= 11 is 3.49. The first-order valence-corrected chi connectivity index (χ1v) is 7.84. The van der Waals surface area contributed by atoms with Gasteiger partial charge in [0.2, 0.25) is 0 Å². The molecule has 0 fully saturated rings. The molecule has 0 unspecified atom stereocenters. The smallest absolute Gasteiger partial charge is 0.146 e. The number of aryl methyl sites for hydroxylation is 1. The van der Waals surface area contributed by atoms with Crippen LogP contribution in [0.5, 0.6) is 5.75 Å². The maximum atomic E-state index is 5.82. The molecule has 0 amide bonds. The second-order valence-electron chi connectivity index (χ2n) is 6.17. The molecule has 1 aromatic carbocycles. The van der Waals surface area contributed by atoms with Gasteiger partial charge in [0.15, 0.2) is 0 Å². The van der Waals surface area contributed by atoms with E-state index in [-0.39, 0.29) is 5.54 Å². The zero-order valence-electron chi connectivity index (χ0n) is 13.0. The molecule has 0 aliphatic heterocycles. The van der Waals surface area contributed by atoms with Gasteiger partial charge in [0.1, 0.15) is 18.1 Å². The summed E-state index contributed by atoms with van der Waals surface area (Å²) in [7, 11) is 0. The molecule has 4 heteroatoms. The highest BCUT2D eigenvalue weighted by molar-refractivity contribution is 9.10. The summed E-state index contributed by atoms with van der Waals surface area (Å²) in [6, 6.07) is 7.95. The lowest BCUT2D eigenvalue weighted by molar-refractivity contribution is 0.267. The van der Waals surface area contributed by atoms with E-state index in [1.165, 1.54) is 0 Å². The minimum atomic E-state index is 0.0816. The molecule has 1 aromatic heterocycles. The van der Waals surface area contributed by atoms with Gasteiger partial charge in [0.25, 0.3) is 0 Å². The molecule has 114 valence electrons. The SMILES string of the molecule is Cc1cc(OCc2occc2CNC(C)(C)C)ccc1Br. The van der Waals surface area contributed by atoms with Crippen molar-refractivity contribution in [1.82, 2.24) is 5.32 Å². The molecule has 1 heterocycles. The van der Waals surface area contributed by atoms with Crippen LogP contribution in [0.15, 0.2) is 39.4 Å². The average Bonchev–Trinajstić information content (AvgIpc) is 2.84. The van der Waals surface area contributed by atoms with Crippen LogP contribution in [0.3, 0.4) is 0 Å². The molecule has 0 radical (unpaired) electrons. The molecule has 21 heavy (non-hydrogen) atoms. The molecule has 0 spiro atoms. The Kier molecular flexibility index (Phi) is 5.12. The van der Waals surface area contributed by atoms with E-state index in [0.29, 0.717) is 6.61 Å². The van der Waals surface area contributed by atoms with E-state index in [9.17, 15) is 0 Å². The number of hydrogen-bond acceptors (Lipinski definition) is 3. The van der Waals surface area contributed by atoms with E-state index in [1.54, 1.807) is 6.26 Å². The van der Waals surface area contributed by atoms with Crippen molar-refractivity contribution in [2.24, 2.45) is 0 Å². The molecule has 0 saturated carbocycles. The number of hydrogen-bond donors (Lipinski definition) is 1. The summed E-state index contributed by atoms with van der Waals surface area (Å²) in [5, 5.41) is 3.46. The Labute approximate surface area is 134 Å². The number of rotatable bonds is 5. The lowest BCUT2D eigenvalue weighted by atomic mass is 10.1. The van der Waals surface area contributed by atoms with Crippen LogP contribution in [-0.2, 0) is 13.2 Å². The van der Waals surface area contributed by atoms with Crippen molar-refractivity contribution in [2.45, 2.75) is 46.4 Å². The first-order chi connectivity index (χ1) is 9.85. The quantitative estimate of drug-likeness (QED) is 0.838. The number of nitrogens with one attached hydrogen (secondary N) is 1. The zero-order valence-corrected chi connectivity index (χ0v) is 14.6. The van der Waals surface area contributed by atoms with Crippen LogP contribution in [0.2, 0.25) is 0 Å². The summed E-state index contributed by atoms with van der Waals surface area (Å²) in [5.41, 5.74) is 2.37. The number of ether oxygens (including phenoxy) is 1. The fourth-order valence-corrected chi connectivity index (χ4v) is 2.11. The monoisotopic (exact) mass is 351 g/mol. The Hall–Kier alpha value is -1.26. The van der Waals surface area contributed by atoms with Crippen LogP contribution in [0.4, 0.5) is 0 Å². The average molecular weight is 352 g/mol. The highest BCUT2D eigenvalue weighted by Crippen LogP contribution is 2.23. The summed E-state index contributed by atoms with van der Waals surface area (Å²) in [6.45, 7) is 9.70. The van der Waals surface area contributed by atoms with Crippen LogP contribution in [0, 0.1) is 6.92 Å². The molecule has 0 aliphatic carbocycles. The van der Waals surface area contributed by atoms with Crippen molar-refractivity contribution < 1.29 is 9.15 Å². The number of halogens is 1. The Balaban J connectivity index is 1.97. The van der Waals surface area contributed by atoms with Crippen molar-refractivity contribution in [1.29, 1.82) is 0 Å². The predicted octanol–water partition coefficient (Wildman–Crippen LogP) is 4.82. The molecular weight excluding hydrogens is 330 g/mol. The van der Waals surface area contributed by atoms with Crippen LogP contribution in [0.25, 0.3) is 0 Å². The van der Waals surface area contributed by atoms with E-state index in [2.05, 4.69) is 42.0 Å². The van der Waals surface area contributed by atoms with Crippen LogP contribution in [-0.4, -0.2) is 5.54 Å². The Morgan fingerprint density at radius 1 is 1.24 bits per heavy atom. The molecule has 0 saturated heterocycles. The second kappa shape index (κ2) is 6.67. The van der Waals surface area contributed by atoms with Gasteiger partial charge in [-0.15, -0.1) is 0 Å². The summed E-state index contributed by atoms with van der Waals surface area (Å²) < 4.78 is 12.4. The second-order valence-corrected chi connectivity index (χ2v) is 7.03. The first kappa shape index (κ1) is 16.1. The standard InChI is InChI=1S/C17H22BrNO2/c1-12-9-14(5-6-15(12)18)21-11-16-13(7-8-20-16)10-19-17(2,3)4/h5-9,19H,10-11H2,1-4H3. The molecule has 2 aromatic rings. The lowest BCUT2D eigenvalue weighted by Crippen LogP contribution is -2.35. The molecular formula is C17H22BrNO2. The number of furan rings is 1. The van der Waals surface area contributed by atoms with Gasteiger partial charge < -0.3 is 14.5 Å². The summed E-state index contributed by atoms with van der Waals surface area (Å²) in [4.78, 5) is 0.